The number of nitrogens with one attached hydrogen (secondary N) is 1. The Kier molecular flexibility index (Phi) is 2.85. The zero-order valence-electron chi connectivity index (χ0n) is 11.3. The fourth-order valence-electron chi connectivity index (χ4n) is 2.22. The minimum atomic E-state index is -4.09. The summed E-state index contributed by atoms with van der Waals surface area (Å²) in [6.07, 6.45) is 0. The standard InChI is InChI=1S/C12H12N4O4S/c1-8-10-12(2,20-21(18,19)15-8)13-11(17)16(14-10)9-6-4-3-5-7-9/h3-7H,1-2H3,(H,13,17). The predicted octanol–water partition coefficient (Wildman–Crippen LogP) is 1.02. The van der Waals surface area contributed by atoms with Gasteiger partial charge in [-0.05, 0) is 26.0 Å². The van der Waals surface area contributed by atoms with Gasteiger partial charge in [0.2, 0.25) is 5.72 Å². The second-order valence-electron chi connectivity index (χ2n) is 4.75. The average Bonchev–Trinajstić information content (AvgIpc) is 2.36. The molecule has 1 N–H and O–H groups in total. The van der Waals surface area contributed by atoms with E-state index < -0.39 is 22.1 Å². The maximum absolute atomic E-state index is 12.2. The van der Waals surface area contributed by atoms with E-state index in [2.05, 4.69) is 14.8 Å². The topological polar surface area (TPSA) is 100 Å². The van der Waals surface area contributed by atoms with Gasteiger partial charge in [-0.2, -0.15) is 18.5 Å². The molecule has 0 spiro atoms. The molecule has 1 aromatic rings. The number of urea groups is 1. The largest absolute Gasteiger partial charge is 0.383 e. The molecule has 8 nitrogen and oxygen atoms in total. The molecule has 9 heteroatoms. The van der Waals surface area contributed by atoms with Crippen LogP contribution < -0.4 is 10.3 Å². The second-order valence-corrected chi connectivity index (χ2v) is 5.95. The maximum atomic E-state index is 12.2. The smallest absolute Gasteiger partial charge is 0.302 e. The van der Waals surface area contributed by atoms with Crippen LogP contribution in [-0.2, 0) is 14.5 Å². The monoisotopic (exact) mass is 308 g/mol. The molecule has 0 saturated carbocycles. The molecule has 2 amide bonds. The second kappa shape index (κ2) is 4.37. The van der Waals surface area contributed by atoms with E-state index in [1.54, 1.807) is 24.3 Å². The molecule has 1 unspecified atom stereocenters. The van der Waals surface area contributed by atoms with Gasteiger partial charge in [0, 0.05) is 0 Å². The first-order valence-corrected chi connectivity index (χ1v) is 7.46. The SMILES string of the molecule is CC1=NS(=O)(=O)OC2(C)NC(=O)N(c3ccccc3)N=C12. The molecule has 2 heterocycles. The van der Waals surface area contributed by atoms with Gasteiger partial charge in [0.15, 0.2) is 0 Å². The first kappa shape index (κ1) is 13.7. The Balaban J connectivity index is 2.13. The van der Waals surface area contributed by atoms with Gasteiger partial charge >= 0.3 is 16.3 Å². The summed E-state index contributed by atoms with van der Waals surface area (Å²) in [5, 5.41) is 7.83. The number of amides is 2. The normalized spacial score (nSPS) is 27.3. The van der Waals surface area contributed by atoms with Crippen molar-refractivity contribution in [3.63, 3.8) is 0 Å². The van der Waals surface area contributed by atoms with Crippen LogP contribution in [0.3, 0.4) is 0 Å². The summed E-state index contributed by atoms with van der Waals surface area (Å²) < 4.78 is 31.4. The third-order valence-electron chi connectivity index (χ3n) is 3.05. The Labute approximate surface area is 121 Å². The van der Waals surface area contributed by atoms with Crippen LogP contribution in [0.1, 0.15) is 13.8 Å². The molecular formula is C12H12N4O4S. The average molecular weight is 308 g/mol. The predicted molar refractivity (Wildman–Crippen MR) is 76.4 cm³/mol. The lowest BCUT2D eigenvalue weighted by atomic mass is 10.1. The van der Waals surface area contributed by atoms with Crippen molar-refractivity contribution in [3.05, 3.63) is 30.3 Å². The molecule has 2 aliphatic rings. The van der Waals surface area contributed by atoms with E-state index in [4.69, 9.17) is 4.18 Å². The summed E-state index contributed by atoms with van der Waals surface area (Å²) in [7, 11) is -4.09. The van der Waals surface area contributed by atoms with Crippen LogP contribution in [0.2, 0.25) is 0 Å². The molecule has 21 heavy (non-hydrogen) atoms. The van der Waals surface area contributed by atoms with E-state index in [1.165, 1.54) is 13.8 Å². The highest BCUT2D eigenvalue weighted by Crippen LogP contribution is 2.27. The third kappa shape index (κ3) is 2.30. The molecule has 0 aliphatic carbocycles. The minimum Gasteiger partial charge on any atom is -0.302 e. The molecule has 1 aromatic carbocycles. The van der Waals surface area contributed by atoms with Crippen molar-refractivity contribution in [3.8, 4) is 0 Å². The van der Waals surface area contributed by atoms with Gasteiger partial charge in [0.25, 0.3) is 0 Å². The Morgan fingerprint density at radius 3 is 2.62 bits per heavy atom. The molecule has 0 fully saturated rings. The molecule has 110 valence electrons. The lowest BCUT2D eigenvalue weighted by molar-refractivity contribution is 0.133. The number of anilines is 1. The highest BCUT2D eigenvalue weighted by molar-refractivity contribution is 7.85. The Bertz CT molecular complexity index is 772. The van der Waals surface area contributed by atoms with Gasteiger partial charge < -0.3 is 5.32 Å². The van der Waals surface area contributed by atoms with Crippen LogP contribution in [0.4, 0.5) is 10.5 Å². The molecule has 0 radical (unpaired) electrons. The molecule has 0 saturated heterocycles. The van der Waals surface area contributed by atoms with E-state index in [-0.39, 0.29) is 11.4 Å². The highest BCUT2D eigenvalue weighted by Gasteiger charge is 2.48. The van der Waals surface area contributed by atoms with Gasteiger partial charge in [-0.15, -0.1) is 4.40 Å². The quantitative estimate of drug-likeness (QED) is 0.837. The van der Waals surface area contributed by atoms with Gasteiger partial charge in [-0.1, -0.05) is 18.2 Å². The van der Waals surface area contributed by atoms with Crippen molar-refractivity contribution in [2.45, 2.75) is 19.6 Å². The fourth-order valence-corrected chi connectivity index (χ4v) is 3.22. The van der Waals surface area contributed by atoms with Crippen LogP contribution in [0.15, 0.2) is 39.8 Å². The molecule has 2 aliphatic heterocycles. The number of carbonyl (C=O) groups is 1. The lowest BCUT2D eigenvalue weighted by Crippen LogP contribution is -2.65. The summed E-state index contributed by atoms with van der Waals surface area (Å²) in [6, 6.07) is 8.17. The minimum absolute atomic E-state index is 0.171. The van der Waals surface area contributed by atoms with E-state index >= 15 is 0 Å². The zero-order chi connectivity index (χ0) is 15.3. The Hall–Kier alpha value is -2.26. The number of para-hydroxylation sites is 1. The lowest BCUT2D eigenvalue weighted by Gasteiger charge is -2.38. The number of hydrazone groups is 1. The fraction of sp³-hybridized carbons (Fsp3) is 0.250. The number of benzene rings is 1. The Morgan fingerprint density at radius 1 is 1.29 bits per heavy atom. The van der Waals surface area contributed by atoms with Crippen molar-refractivity contribution in [2.75, 3.05) is 5.01 Å². The summed E-state index contributed by atoms with van der Waals surface area (Å²) in [5.74, 6) is 0. The van der Waals surface area contributed by atoms with E-state index in [0.29, 0.717) is 5.69 Å². The summed E-state index contributed by atoms with van der Waals surface area (Å²) in [5.41, 5.74) is -0.594. The van der Waals surface area contributed by atoms with Crippen LogP contribution in [0.25, 0.3) is 0 Å². The van der Waals surface area contributed by atoms with Crippen molar-refractivity contribution in [1.29, 1.82) is 0 Å². The van der Waals surface area contributed by atoms with Crippen molar-refractivity contribution >= 4 is 33.4 Å². The number of hydrogen-bond acceptors (Lipinski definition) is 5. The van der Waals surface area contributed by atoms with Gasteiger partial charge in [-0.3, -0.25) is 0 Å². The van der Waals surface area contributed by atoms with Gasteiger partial charge in [0.1, 0.15) is 5.71 Å². The van der Waals surface area contributed by atoms with Crippen molar-refractivity contribution in [1.82, 2.24) is 5.32 Å². The van der Waals surface area contributed by atoms with Crippen LogP contribution in [0.5, 0.6) is 0 Å². The number of fused-ring (bicyclic) bond motifs is 1. The number of rotatable bonds is 1. The highest BCUT2D eigenvalue weighted by atomic mass is 32.2. The van der Waals surface area contributed by atoms with E-state index in [0.717, 1.165) is 5.01 Å². The number of carbonyl (C=O) groups excluding carboxylic acids is 1. The Morgan fingerprint density at radius 2 is 1.95 bits per heavy atom. The number of nitrogens with zero attached hydrogens (tertiary/aromatic N) is 3. The van der Waals surface area contributed by atoms with Gasteiger partial charge in [-0.25, -0.2) is 8.98 Å². The molecule has 0 aromatic heterocycles. The van der Waals surface area contributed by atoms with Crippen LogP contribution in [-0.4, -0.2) is 31.6 Å². The molecular weight excluding hydrogens is 296 g/mol. The van der Waals surface area contributed by atoms with Crippen molar-refractivity contribution in [2.24, 2.45) is 9.50 Å². The van der Waals surface area contributed by atoms with Crippen molar-refractivity contribution < 1.29 is 17.4 Å². The number of hydrogen-bond donors (Lipinski definition) is 1. The first-order chi connectivity index (χ1) is 9.81. The summed E-state index contributed by atoms with van der Waals surface area (Å²) in [6.45, 7) is 2.92. The molecule has 0 bridgehead atoms. The van der Waals surface area contributed by atoms with Crippen LogP contribution in [0, 0.1) is 0 Å². The van der Waals surface area contributed by atoms with E-state index in [1.807, 2.05) is 6.07 Å². The van der Waals surface area contributed by atoms with Gasteiger partial charge in [0.05, 0.1) is 11.4 Å². The molecule has 3 rings (SSSR count). The van der Waals surface area contributed by atoms with E-state index in [9.17, 15) is 13.2 Å². The zero-order valence-corrected chi connectivity index (χ0v) is 12.1. The third-order valence-corrected chi connectivity index (χ3v) is 4.10. The summed E-state index contributed by atoms with van der Waals surface area (Å²) >= 11 is 0. The first-order valence-electron chi connectivity index (χ1n) is 6.10. The molecule has 1 atom stereocenters. The van der Waals surface area contributed by atoms with Crippen LogP contribution >= 0.6 is 0 Å². The maximum Gasteiger partial charge on any atom is 0.383 e. The summed E-state index contributed by atoms with van der Waals surface area (Å²) in [4.78, 5) is 12.2.